The third-order valence-electron chi connectivity index (χ3n) is 5.00. The Balaban J connectivity index is 1.56. The zero-order chi connectivity index (χ0) is 21.8. The zero-order valence-corrected chi connectivity index (χ0v) is 16.7. The van der Waals surface area contributed by atoms with Crippen LogP contribution in [0.25, 0.3) is 17.0 Å². The van der Waals surface area contributed by atoms with Crippen LogP contribution in [0.1, 0.15) is 22.4 Å². The molecule has 0 saturated heterocycles. The Morgan fingerprint density at radius 1 is 1.03 bits per heavy atom. The van der Waals surface area contributed by atoms with Gasteiger partial charge in [0.15, 0.2) is 5.82 Å². The highest BCUT2D eigenvalue weighted by Gasteiger charge is 2.10. The highest BCUT2D eigenvalue weighted by atomic mass is 19.1. The highest BCUT2D eigenvalue weighted by Crippen LogP contribution is 2.23. The van der Waals surface area contributed by atoms with Crippen molar-refractivity contribution in [1.29, 1.82) is 0 Å². The first-order valence-electron chi connectivity index (χ1n) is 9.72. The van der Waals surface area contributed by atoms with Crippen LogP contribution < -0.4 is 16.6 Å². The van der Waals surface area contributed by atoms with Gasteiger partial charge in [0.05, 0.1) is 11.2 Å². The number of hydrogen-bond donors (Lipinski definition) is 3. The fourth-order valence-corrected chi connectivity index (χ4v) is 3.36. The van der Waals surface area contributed by atoms with Crippen molar-refractivity contribution in [2.75, 3.05) is 10.7 Å². The summed E-state index contributed by atoms with van der Waals surface area (Å²) in [6.45, 7) is 3.81. The summed E-state index contributed by atoms with van der Waals surface area (Å²) < 4.78 is 28.5. The second-order valence-electron chi connectivity index (χ2n) is 7.07. The van der Waals surface area contributed by atoms with Crippen LogP contribution in [0, 0.1) is 11.6 Å². The van der Waals surface area contributed by atoms with Crippen molar-refractivity contribution in [2.24, 2.45) is 5.84 Å². The molecular weight excluding hydrogens is 396 g/mol. The van der Waals surface area contributed by atoms with Crippen molar-refractivity contribution >= 4 is 28.5 Å². The molecule has 7 heteroatoms. The van der Waals surface area contributed by atoms with Crippen molar-refractivity contribution in [1.82, 2.24) is 9.97 Å². The quantitative estimate of drug-likeness (QED) is 0.290. The van der Waals surface area contributed by atoms with Crippen molar-refractivity contribution in [3.63, 3.8) is 0 Å². The fraction of sp³-hybridized carbons (Fsp3) is 0.0833. The summed E-state index contributed by atoms with van der Waals surface area (Å²) in [5.74, 6) is 5.41. The average Bonchev–Trinajstić information content (AvgIpc) is 2.78. The topological polar surface area (TPSA) is 75.9 Å². The van der Waals surface area contributed by atoms with Gasteiger partial charge in [0, 0.05) is 47.4 Å². The van der Waals surface area contributed by atoms with Crippen molar-refractivity contribution in [2.45, 2.75) is 13.0 Å². The summed E-state index contributed by atoms with van der Waals surface area (Å²) in [4.78, 5) is 8.75. The van der Waals surface area contributed by atoms with Crippen LogP contribution in [0.2, 0.25) is 0 Å². The number of fused-ring (bicyclic) bond motifs is 1. The molecule has 0 aliphatic carbocycles. The summed E-state index contributed by atoms with van der Waals surface area (Å²) in [5, 5.41) is 3.99. The second-order valence-corrected chi connectivity index (χ2v) is 7.07. The molecule has 0 saturated carbocycles. The van der Waals surface area contributed by atoms with E-state index in [0.717, 1.165) is 16.6 Å². The molecule has 2 heterocycles. The number of nitrogens with zero attached hydrogens (tertiary/aromatic N) is 2. The van der Waals surface area contributed by atoms with Gasteiger partial charge >= 0.3 is 0 Å². The number of nitrogens with two attached hydrogens (primary N) is 1. The molecule has 0 atom stereocenters. The van der Waals surface area contributed by atoms with Crippen molar-refractivity contribution in [3.05, 3.63) is 101 Å². The maximum Gasteiger partial charge on any atom is 0.151 e. The molecule has 5 nitrogen and oxygen atoms in total. The van der Waals surface area contributed by atoms with E-state index < -0.39 is 0 Å². The summed E-state index contributed by atoms with van der Waals surface area (Å²) in [7, 11) is 0. The van der Waals surface area contributed by atoms with E-state index >= 15 is 0 Å². The molecular formula is C24H21F2N5. The van der Waals surface area contributed by atoms with Crippen LogP contribution >= 0.6 is 0 Å². The lowest BCUT2D eigenvalue weighted by Crippen LogP contribution is -2.13. The summed E-state index contributed by atoms with van der Waals surface area (Å²) in [6, 6.07) is 15.4. The van der Waals surface area contributed by atoms with Crippen molar-refractivity contribution < 1.29 is 8.78 Å². The van der Waals surface area contributed by atoms with Gasteiger partial charge in [-0.15, -0.1) is 0 Å². The molecule has 156 valence electrons. The van der Waals surface area contributed by atoms with Crippen LogP contribution in [-0.2, 0) is 13.0 Å². The van der Waals surface area contributed by atoms with E-state index in [2.05, 4.69) is 27.3 Å². The number of anilines is 2. The van der Waals surface area contributed by atoms with Crippen LogP contribution in [0.3, 0.4) is 0 Å². The first-order valence-corrected chi connectivity index (χ1v) is 9.72. The van der Waals surface area contributed by atoms with E-state index in [1.54, 1.807) is 24.4 Å². The van der Waals surface area contributed by atoms with Gasteiger partial charge in [-0.05, 0) is 35.9 Å². The van der Waals surface area contributed by atoms with Crippen LogP contribution in [-0.4, -0.2) is 9.97 Å². The van der Waals surface area contributed by atoms with Crippen LogP contribution in [0.4, 0.5) is 20.3 Å². The lowest BCUT2D eigenvalue weighted by Gasteiger charge is -2.13. The Kier molecular flexibility index (Phi) is 5.86. The summed E-state index contributed by atoms with van der Waals surface area (Å²) in [5.41, 5.74) is 6.20. The SMILES string of the molecule is C=Cc1ccc(Cc2ccc(NN)c(NCc3cc4cccnc4cc3F)n2)cc1F. The lowest BCUT2D eigenvalue weighted by atomic mass is 10.1. The molecule has 0 amide bonds. The fourth-order valence-electron chi connectivity index (χ4n) is 3.36. The number of benzene rings is 2. The summed E-state index contributed by atoms with van der Waals surface area (Å²) in [6.07, 6.45) is 3.54. The Hall–Kier alpha value is -3.84. The smallest absolute Gasteiger partial charge is 0.151 e. The monoisotopic (exact) mass is 417 g/mol. The van der Waals surface area contributed by atoms with Crippen LogP contribution in [0.15, 0.2) is 67.4 Å². The number of halogens is 2. The molecule has 4 aromatic rings. The van der Waals surface area contributed by atoms with E-state index in [1.807, 2.05) is 24.3 Å². The third kappa shape index (κ3) is 4.51. The number of hydrazine groups is 1. The van der Waals surface area contributed by atoms with E-state index in [1.165, 1.54) is 18.2 Å². The largest absolute Gasteiger partial charge is 0.364 e. The van der Waals surface area contributed by atoms with Gasteiger partial charge in [0.2, 0.25) is 0 Å². The molecule has 0 unspecified atom stereocenters. The maximum atomic E-state index is 14.5. The first-order chi connectivity index (χ1) is 15.1. The number of nitrogens with one attached hydrogen (secondary N) is 2. The Morgan fingerprint density at radius 3 is 2.68 bits per heavy atom. The molecule has 0 spiro atoms. The molecule has 0 bridgehead atoms. The molecule has 0 fully saturated rings. The molecule has 0 radical (unpaired) electrons. The van der Waals surface area contributed by atoms with E-state index in [4.69, 9.17) is 5.84 Å². The van der Waals surface area contributed by atoms with Gasteiger partial charge in [-0.3, -0.25) is 10.8 Å². The molecule has 0 aliphatic rings. The van der Waals surface area contributed by atoms with E-state index in [-0.39, 0.29) is 18.2 Å². The standard InChI is InChI=1S/C24H21F2N5/c1-2-16-6-5-15(11-20(16)25)10-19-7-8-22(31-27)24(30-19)29-14-18-12-17-4-3-9-28-23(17)13-21(18)26/h2-9,11-13,31H,1,10,14,27H2,(H,29,30). The number of hydrogen-bond acceptors (Lipinski definition) is 5. The number of rotatable bonds is 7. The highest BCUT2D eigenvalue weighted by molar-refractivity contribution is 5.79. The van der Waals surface area contributed by atoms with Crippen LogP contribution in [0.5, 0.6) is 0 Å². The van der Waals surface area contributed by atoms with Crippen molar-refractivity contribution in [3.8, 4) is 0 Å². The van der Waals surface area contributed by atoms with Gasteiger partial charge in [0.25, 0.3) is 0 Å². The molecule has 0 aliphatic heterocycles. The van der Waals surface area contributed by atoms with E-state index in [0.29, 0.717) is 34.6 Å². The zero-order valence-electron chi connectivity index (χ0n) is 16.7. The molecule has 4 rings (SSSR count). The summed E-state index contributed by atoms with van der Waals surface area (Å²) >= 11 is 0. The van der Waals surface area contributed by atoms with E-state index in [9.17, 15) is 8.78 Å². The molecule has 31 heavy (non-hydrogen) atoms. The minimum Gasteiger partial charge on any atom is -0.364 e. The average molecular weight is 417 g/mol. The molecule has 4 N–H and O–H groups in total. The maximum absolute atomic E-state index is 14.5. The predicted molar refractivity (Wildman–Crippen MR) is 120 cm³/mol. The van der Waals surface area contributed by atoms with Gasteiger partial charge in [-0.1, -0.05) is 30.9 Å². The molecule has 2 aromatic heterocycles. The number of pyridine rings is 2. The Bertz CT molecular complexity index is 1260. The Morgan fingerprint density at radius 2 is 1.90 bits per heavy atom. The molecule has 2 aromatic carbocycles. The number of aromatic nitrogens is 2. The third-order valence-corrected chi connectivity index (χ3v) is 5.00. The minimum atomic E-state index is -0.352. The van der Waals surface area contributed by atoms with Gasteiger partial charge < -0.3 is 10.7 Å². The van der Waals surface area contributed by atoms with Gasteiger partial charge in [0.1, 0.15) is 11.6 Å². The second kappa shape index (κ2) is 8.89. The Labute approximate surface area is 178 Å². The lowest BCUT2D eigenvalue weighted by molar-refractivity contribution is 0.614. The predicted octanol–water partition coefficient (Wildman–Crippen LogP) is 5.04. The minimum absolute atomic E-state index is 0.213. The number of nitrogen functional groups attached to an aromatic ring is 1. The first kappa shape index (κ1) is 20.4. The van der Waals surface area contributed by atoms with Gasteiger partial charge in [-0.2, -0.15) is 0 Å². The van der Waals surface area contributed by atoms with Gasteiger partial charge in [-0.25, -0.2) is 13.8 Å². The normalized spacial score (nSPS) is 10.8.